The number of nitrogens with two attached hydrogens (primary N) is 2. The molecule has 6 aliphatic carbocycles. The van der Waals surface area contributed by atoms with Gasteiger partial charge in [0.2, 0.25) is 0 Å². The van der Waals surface area contributed by atoms with Gasteiger partial charge in [-0.15, -0.1) is 12.4 Å². The fourth-order valence-corrected chi connectivity index (χ4v) is 14.9. The molecule has 0 bridgehead atoms. The van der Waals surface area contributed by atoms with Crippen molar-refractivity contribution >= 4 is 53.8 Å². The van der Waals surface area contributed by atoms with Crippen molar-refractivity contribution in [3.63, 3.8) is 0 Å². The molecule has 0 unspecified atom stereocenters. The maximum atomic E-state index is 12.7. The SMILES string of the molecule is COC(=O)c1cccn([C@H]2CCCC[C@H]2O)c1=O.COC(=O)c1cccn([C@H]2CCCC[C@H]2OC)c1=O.COC(=O)c1cccoc1=O.CO[C@@H]1CCCC[C@@H]1n1cccc(C(=O)O)c1=O.CO[C@@H]1CCCC[C@@H]1n1cccc(N)c1=O.CO[C@@H]1CCCC[C@@H]1n1cccc(NC(=O)OC(C)(C)C)c1=O.Cl.N[C@H]1CCCC[C@H]1O. The fourth-order valence-electron chi connectivity index (χ4n) is 14.9. The molecule has 6 saturated carbocycles. The van der Waals surface area contributed by atoms with E-state index in [0.717, 1.165) is 135 Å². The highest BCUT2D eigenvalue weighted by atomic mass is 35.5. The Hall–Kier alpha value is -9.34. The van der Waals surface area contributed by atoms with E-state index in [0.29, 0.717) is 12.1 Å². The predicted molar refractivity (Wildman–Crippen MR) is 430 cm³/mol. The second-order valence-electron chi connectivity index (χ2n) is 29.4. The van der Waals surface area contributed by atoms with Crippen LogP contribution in [0.4, 0.5) is 16.2 Å². The molecule has 114 heavy (non-hydrogen) atoms. The Bertz CT molecular complexity index is 4390. The standard InChI is InChI=1S/C17H26N2O4.C14H19NO4.2C13H17NO4.C12H18N2O2.C7H6O4.C6H13NO.ClH/c1-17(2,3)23-16(21)18-12-8-7-11-19(15(12)20)13-9-5-6-10-14(13)22-4;1-18-12-8-4-3-7-11(12)15-9-5-6-10(13(15)16)14(17)19-2;1-18-11-7-3-2-6-10(11)14-8-4-5-9(12(14)15)13(16)17;1-18-13(17)9-5-4-8-14(12(9)16)10-6-2-3-7-11(10)15;1-16-11-7-3-2-6-10(11)14-8-4-5-9(13)12(14)15;1-10-6(8)5-3-2-4-11-7(5)9;7-5-3-1-2-4-6(5)8;/h7-8,11,13-14H,5-6,9-10H2,1-4H3,(H,18,21);5-6,9,11-12H,3-4,7-8H2,1-2H3;4-5,8,10-11H,2-3,6-7H2,1H3,(H,16,17);4-5,8,10-11,15H,2-3,6-7H2,1H3;4-5,8,10-11H,2-3,6-7,13H2,1H3;2-4H,1H3;5-6,8H,1-4,7H2;1H/t13-,14+;11-,12+;3*10-,11+;;5-,6+;/m00000.0./s1. The van der Waals surface area contributed by atoms with Crippen molar-refractivity contribution in [3.8, 4) is 0 Å². The zero-order valence-electron chi connectivity index (χ0n) is 67.1. The van der Waals surface area contributed by atoms with Crippen LogP contribution in [0.2, 0.25) is 0 Å². The maximum Gasteiger partial charge on any atom is 0.412 e. The zero-order valence-corrected chi connectivity index (χ0v) is 67.9. The molecular weight excluding hydrogens is 1500 g/mol. The quantitative estimate of drug-likeness (QED) is 0.0436. The number of nitrogens with one attached hydrogen (secondary N) is 1. The number of pyridine rings is 5. The van der Waals surface area contributed by atoms with Gasteiger partial charge in [-0.05, 0) is 171 Å². The Labute approximate surface area is 669 Å². The van der Waals surface area contributed by atoms with Crippen LogP contribution in [-0.4, -0.2) is 166 Å². The van der Waals surface area contributed by atoms with Gasteiger partial charge in [0.15, 0.2) is 0 Å². The molecule has 0 spiro atoms. The highest BCUT2D eigenvalue weighted by Crippen LogP contribution is 2.34. The van der Waals surface area contributed by atoms with Crippen LogP contribution < -0.4 is 50.2 Å². The number of rotatable bonds is 14. The first-order chi connectivity index (χ1) is 54.1. The Balaban J connectivity index is 0.000000241. The predicted octanol–water partition coefficient (Wildman–Crippen LogP) is 10.5. The summed E-state index contributed by atoms with van der Waals surface area (Å²) < 4.78 is 53.0. The van der Waals surface area contributed by atoms with Crippen LogP contribution in [0.1, 0.15) is 247 Å². The van der Waals surface area contributed by atoms with E-state index in [1.807, 2.05) is 6.07 Å². The molecule has 6 aliphatic rings. The summed E-state index contributed by atoms with van der Waals surface area (Å²) in [5.41, 5.74) is 8.76. The number of halogens is 1. The third-order valence-electron chi connectivity index (χ3n) is 20.9. The molecule has 0 radical (unpaired) electrons. The molecule has 12 atom stereocenters. The number of carbonyl (C=O) groups is 5. The van der Waals surface area contributed by atoms with Crippen molar-refractivity contribution in [1.82, 2.24) is 22.8 Å². The van der Waals surface area contributed by atoms with Gasteiger partial charge < -0.3 is 91.9 Å². The Morgan fingerprint density at radius 1 is 0.421 bits per heavy atom. The van der Waals surface area contributed by atoms with Gasteiger partial charge in [-0.2, -0.15) is 0 Å². The lowest BCUT2D eigenvalue weighted by Crippen LogP contribution is -2.37. The number of carbonyl (C=O) groups excluding carboxylic acids is 4. The number of hydrogen-bond donors (Lipinski definition) is 6. The number of aromatic carboxylic acids is 1. The summed E-state index contributed by atoms with van der Waals surface area (Å²) in [5.74, 6) is -3.10. The number of methoxy groups -OCH3 is 7. The number of aliphatic hydroxyl groups excluding tert-OH is 2. The summed E-state index contributed by atoms with van der Waals surface area (Å²) in [6.07, 6.45) is 32.4. The number of esters is 3. The molecule has 6 aromatic rings. The number of carboxylic acid groups (broad SMARTS) is 1. The van der Waals surface area contributed by atoms with Gasteiger partial charge in [-0.25, -0.2) is 28.8 Å². The van der Waals surface area contributed by atoms with Crippen LogP contribution in [-0.2, 0) is 37.9 Å². The number of aliphatic hydroxyl groups is 2. The van der Waals surface area contributed by atoms with Crippen LogP contribution in [0.3, 0.4) is 0 Å². The van der Waals surface area contributed by atoms with E-state index in [-0.39, 0.29) is 124 Å². The maximum absolute atomic E-state index is 12.7. The number of carboxylic acids is 1. The highest BCUT2D eigenvalue weighted by Gasteiger charge is 2.33. The van der Waals surface area contributed by atoms with Gasteiger partial charge in [0.05, 0.1) is 100 Å². The van der Waals surface area contributed by atoms with Crippen LogP contribution >= 0.6 is 12.4 Å². The normalized spacial score (nSPS) is 23.0. The molecule has 6 fully saturated rings. The minimum absolute atomic E-state index is 0. The average Bonchev–Trinajstić information content (AvgIpc) is 0.827. The first-order valence-corrected chi connectivity index (χ1v) is 38.7. The lowest BCUT2D eigenvalue weighted by Gasteiger charge is -2.32. The molecule has 0 saturated heterocycles. The van der Waals surface area contributed by atoms with E-state index < -0.39 is 58.4 Å². The topological polar surface area (TPSA) is 424 Å². The summed E-state index contributed by atoms with van der Waals surface area (Å²) in [5, 5.41) is 30.5. The van der Waals surface area contributed by atoms with Gasteiger partial charge in [-0.1, -0.05) is 77.0 Å². The molecule has 630 valence electrons. The highest BCUT2D eigenvalue weighted by molar-refractivity contribution is 5.90. The number of nitrogens with zero attached hydrogens (tertiary/aromatic N) is 5. The Kier molecular flexibility index (Phi) is 40.2. The lowest BCUT2D eigenvalue weighted by molar-refractivity contribution is 0.0274. The summed E-state index contributed by atoms with van der Waals surface area (Å²) in [6.45, 7) is 5.34. The van der Waals surface area contributed by atoms with Crippen molar-refractivity contribution < 1.29 is 81.6 Å². The second-order valence-corrected chi connectivity index (χ2v) is 29.4. The number of nitrogen functional groups attached to an aromatic ring is 1. The molecule has 1 amide bonds. The third kappa shape index (κ3) is 27.4. The minimum Gasteiger partial charge on any atom is -0.477 e. The summed E-state index contributed by atoms with van der Waals surface area (Å²) in [4.78, 5) is 129. The molecule has 0 aromatic carbocycles. The summed E-state index contributed by atoms with van der Waals surface area (Å²) in [7, 11) is 10.4. The second kappa shape index (κ2) is 48.1. The van der Waals surface area contributed by atoms with Crippen LogP contribution in [0.25, 0.3) is 0 Å². The van der Waals surface area contributed by atoms with Gasteiger partial charge >= 0.3 is 35.6 Å². The molecule has 12 rings (SSSR count). The number of ether oxygens (including phenoxy) is 8. The summed E-state index contributed by atoms with van der Waals surface area (Å²) in [6, 6.07) is 18.7. The number of aromatic nitrogens is 5. The molecule has 6 heterocycles. The third-order valence-corrected chi connectivity index (χ3v) is 20.9. The first kappa shape index (κ1) is 95.2. The van der Waals surface area contributed by atoms with Crippen molar-refractivity contribution in [1.29, 1.82) is 0 Å². The van der Waals surface area contributed by atoms with E-state index in [4.69, 9.17) is 45.4 Å². The number of anilines is 2. The van der Waals surface area contributed by atoms with E-state index in [1.54, 1.807) is 130 Å². The Morgan fingerprint density at radius 2 is 0.746 bits per heavy atom. The molecule has 31 nitrogen and oxygen atoms in total. The monoisotopic (exact) mass is 1620 g/mol. The molecule has 8 N–H and O–H groups in total. The first-order valence-electron chi connectivity index (χ1n) is 38.7. The Morgan fingerprint density at radius 3 is 1.11 bits per heavy atom. The molecular formula is C82H117ClN8O23. The average molecular weight is 1620 g/mol. The molecule has 6 aromatic heterocycles. The van der Waals surface area contributed by atoms with Crippen molar-refractivity contribution in [2.45, 2.75) is 253 Å². The van der Waals surface area contributed by atoms with Crippen LogP contribution in [0.5, 0.6) is 0 Å². The van der Waals surface area contributed by atoms with E-state index in [2.05, 4.69) is 23.9 Å². The van der Waals surface area contributed by atoms with Gasteiger partial charge in [-0.3, -0.25) is 29.3 Å². The molecule has 0 aliphatic heterocycles. The van der Waals surface area contributed by atoms with Gasteiger partial charge in [0.1, 0.15) is 33.5 Å². The smallest absolute Gasteiger partial charge is 0.412 e. The number of hydrogen-bond acceptors (Lipinski definition) is 24. The van der Waals surface area contributed by atoms with Crippen molar-refractivity contribution in [2.75, 3.05) is 60.8 Å². The largest absolute Gasteiger partial charge is 0.477 e. The van der Waals surface area contributed by atoms with Crippen molar-refractivity contribution in [3.05, 3.63) is 194 Å². The minimum atomic E-state index is -1.18. The van der Waals surface area contributed by atoms with E-state index >= 15 is 0 Å². The van der Waals surface area contributed by atoms with Crippen LogP contribution in [0.15, 0.2) is 143 Å². The fraction of sp³-hybridized carbons (Fsp3) is 0.573. The van der Waals surface area contributed by atoms with Crippen molar-refractivity contribution in [2.24, 2.45) is 5.73 Å². The zero-order chi connectivity index (χ0) is 82.9. The van der Waals surface area contributed by atoms with E-state index in [1.165, 1.54) is 79.9 Å². The summed E-state index contributed by atoms with van der Waals surface area (Å²) >= 11 is 0. The molecule has 32 heteroatoms. The van der Waals surface area contributed by atoms with E-state index in [9.17, 15) is 57.8 Å². The van der Waals surface area contributed by atoms with Crippen LogP contribution in [0, 0.1) is 0 Å². The number of amides is 1. The lowest BCUT2D eigenvalue weighted by atomic mass is 9.92. The van der Waals surface area contributed by atoms with Gasteiger partial charge in [0, 0.05) is 65.5 Å². The van der Waals surface area contributed by atoms with Gasteiger partial charge in [0.25, 0.3) is 27.8 Å².